The van der Waals surface area contributed by atoms with Crippen LogP contribution in [0.2, 0.25) is 0 Å². The zero-order valence-corrected chi connectivity index (χ0v) is 16.8. The molecular weight excluding hydrogens is 427 g/mol. The molecule has 0 spiro atoms. The number of anilines is 1. The van der Waals surface area contributed by atoms with Gasteiger partial charge >= 0.3 is 21.6 Å². The Labute approximate surface area is 171 Å². The summed E-state index contributed by atoms with van der Waals surface area (Å²) < 4.78 is 67.7. The molecule has 1 aromatic rings. The summed E-state index contributed by atoms with van der Waals surface area (Å²) in [5, 5.41) is 2.59. The minimum Gasteiger partial charge on any atom is -0.442 e. The first-order valence-electron chi connectivity index (χ1n) is 9.33. The van der Waals surface area contributed by atoms with Gasteiger partial charge in [0.25, 0.3) is 0 Å². The number of nitrogens with zero attached hydrogens (tertiary/aromatic N) is 2. The van der Waals surface area contributed by atoms with Crippen LogP contribution in [0.3, 0.4) is 0 Å². The number of halogens is 3. The normalized spacial score (nSPS) is 28.9. The van der Waals surface area contributed by atoms with Crippen molar-refractivity contribution in [2.24, 2.45) is 5.92 Å². The Bertz CT molecular complexity index is 982. The quantitative estimate of drug-likeness (QED) is 0.739. The van der Waals surface area contributed by atoms with E-state index in [2.05, 4.69) is 5.32 Å². The lowest BCUT2D eigenvalue weighted by atomic mass is 9.95. The van der Waals surface area contributed by atoms with E-state index in [0.29, 0.717) is 16.4 Å². The van der Waals surface area contributed by atoms with Gasteiger partial charge in [0.05, 0.1) is 13.1 Å². The van der Waals surface area contributed by atoms with Crippen molar-refractivity contribution < 1.29 is 35.9 Å². The van der Waals surface area contributed by atoms with Gasteiger partial charge in [0.15, 0.2) is 0 Å². The molecule has 0 aromatic heterocycles. The van der Waals surface area contributed by atoms with E-state index in [4.69, 9.17) is 4.74 Å². The van der Waals surface area contributed by atoms with E-state index in [1.54, 1.807) is 24.3 Å². The van der Waals surface area contributed by atoms with Crippen LogP contribution < -0.4 is 10.2 Å². The largest absolute Gasteiger partial charge is 0.511 e. The van der Waals surface area contributed by atoms with Crippen LogP contribution in [0.5, 0.6) is 0 Å². The number of hydrogen-bond acceptors (Lipinski definition) is 5. The number of rotatable bonds is 5. The number of amides is 2. The lowest BCUT2D eigenvalue weighted by Crippen LogP contribution is -2.41. The number of alkyl halides is 3. The van der Waals surface area contributed by atoms with Crippen molar-refractivity contribution in [1.82, 2.24) is 9.62 Å². The first-order chi connectivity index (χ1) is 13.9. The molecule has 1 aromatic carbocycles. The van der Waals surface area contributed by atoms with Crippen molar-refractivity contribution in [1.29, 1.82) is 0 Å². The number of sulfonamides is 1. The highest BCUT2D eigenvalue weighted by Crippen LogP contribution is 2.60. The Balaban J connectivity index is 1.45. The molecule has 1 aliphatic carbocycles. The van der Waals surface area contributed by atoms with Crippen molar-refractivity contribution in [2.45, 2.75) is 30.4 Å². The van der Waals surface area contributed by atoms with Crippen LogP contribution in [0.15, 0.2) is 24.3 Å². The van der Waals surface area contributed by atoms with Gasteiger partial charge in [-0.15, -0.1) is 0 Å². The number of carbonyl (C=O) groups excluding carboxylic acids is 2. The van der Waals surface area contributed by atoms with Gasteiger partial charge in [0.1, 0.15) is 6.10 Å². The number of benzene rings is 1. The molecule has 0 bridgehead atoms. The van der Waals surface area contributed by atoms with E-state index in [-0.39, 0.29) is 38.0 Å². The number of nitrogens with one attached hydrogen (secondary N) is 1. The van der Waals surface area contributed by atoms with Gasteiger partial charge in [-0.2, -0.15) is 17.5 Å². The topological polar surface area (TPSA) is 96.0 Å². The summed E-state index contributed by atoms with van der Waals surface area (Å²) in [6.45, 7) is 1.46. The van der Waals surface area contributed by atoms with Crippen molar-refractivity contribution in [3.63, 3.8) is 0 Å². The summed E-state index contributed by atoms with van der Waals surface area (Å²) in [6, 6.07) is 6.77. The number of ether oxygens (including phenoxy) is 1. The summed E-state index contributed by atoms with van der Waals surface area (Å²) in [6.07, 6.45) is -0.409. The maximum absolute atomic E-state index is 12.8. The predicted octanol–water partition coefficient (Wildman–Crippen LogP) is 1.57. The Hall–Kier alpha value is -2.34. The third kappa shape index (κ3) is 3.41. The van der Waals surface area contributed by atoms with Gasteiger partial charge in [-0.25, -0.2) is 13.2 Å². The average Bonchev–Trinajstić information content (AvgIpc) is 3.03. The third-order valence-corrected chi connectivity index (χ3v) is 7.50. The van der Waals surface area contributed by atoms with Crippen LogP contribution in [0, 0.1) is 5.92 Å². The molecule has 4 rings (SSSR count). The highest BCUT2D eigenvalue weighted by Gasteiger charge is 2.65. The smallest absolute Gasteiger partial charge is 0.442 e. The van der Waals surface area contributed by atoms with Crippen molar-refractivity contribution >= 4 is 27.7 Å². The minimum atomic E-state index is -5.34. The standard InChI is InChI=1S/C18H20F3N3O5S/c1-11(25)22-7-15-9-24(16(26)29-15)14-4-2-12(3-5-14)17-6-13(17)8-23(10-17)30(27,28)18(19,20)21/h2-5,13,15H,6-10H2,1H3,(H,22,25). The van der Waals surface area contributed by atoms with Crippen LogP contribution >= 0.6 is 0 Å². The lowest BCUT2D eigenvalue weighted by molar-refractivity contribution is -0.119. The molecule has 2 saturated heterocycles. The van der Waals surface area contributed by atoms with Crippen LogP contribution in [-0.4, -0.2) is 62.5 Å². The van der Waals surface area contributed by atoms with Crippen molar-refractivity contribution in [3.8, 4) is 0 Å². The van der Waals surface area contributed by atoms with E-state index in [0.717, 1.165) is 5.56 Å². The fraction of sp³-hybridized carbons (Fsp3) is 0.556. The fourth-order valence-corrected chi connectivity index (χ4v) is 5.35. The summed E-state index contributed by atoms with van der Waals surface area (Å²) in [5.41, 5.74) is -4.62. The van der Waals surface area contributed by atoms with Gasteiger partial charge < -0.3 is 10.1 Å². The van der Waals surface area contributed by atoms with Crippen LogP contribution in [0.25, 0.3) is 0 Å². The molecule has 3 fully saturated rings. The molecule has 3 aliphatic rings. The van der Waals surface area contributed by atoms with Crippen LogP contribution in [0.4, 0.5) is 23.7 Å². The Morgan fingerprint density at radius 3 is 2.53 bits per heavy atom. The molecular formula is C18H20F3N3O5S. The number of hydrogen-bond donors (Lipinski definition) is 1. The molecule has 164 valence electrons. The second-order valence-corrected chi connectivity index (χ2v) is 9.83. The zero-order valence-electron chi connectivity index (χ0n) is 16.0. The third-order valence-electron chi connectivity index (χ3n) is 5.95. The first kappa shape index (κ1) is 20.9. The molecule has 2 amide bonds. The maximum atomic E-state index is 12.8. The second kappa shape index (κ2) is 6.84. The summed E-state index contributed by atoms with van der Waals surface area (Å²) >= 11 is 0. The highest BCUT2D eigenvalue weighted by molar-refractivity contribution is 7.90. The number of piperidine rings is 1. The van der Waals surface area contributed by atoms with E-state index < -0.39 is 33.1 Å². The molecule has 12 heteroatoms. The number of carbonyl (C=O) groups is 2. The van der Waals surface area contributed by atoms with Crippen LogP contribution in [0.1, 0.15) is 18.9 Å². The molecule has 3 unspecified atom stereocenters. The summed E-state index contributed by atoms with van der Waals surface area (Å²) in [5.74, 6) is -0.385. The minimum absolute atomic E-state index is 0.146. The van der Waals surface area contributed by atoms with E-state index in [9.17, 15) is 31.2 Å². The average molecular weight is 447 g/mol. The van der Waals surface area contributed by atoms with E-state index >= 15 is 0 Å². The molecule has 2 aliphatic heterocycles. The lowest BCUT2D eigenvalue weighted by Gasteiger charge is -2.22. The van der Waals surface area contributed by atoms with Gasteiger partial charge in [0.2, 0.25) is 5.91 Å². The fourth-order valence-electron chi connectivity index (χ4n) is 4.28. The molecule has 8 nitrogen and oxygen atoms in total. The molecule has 30 heavy (non-hydrogen) atoms. The van der Waals surface area contributed by atoms with Gasteiger partial charge in [-0.05, 0) is 30.0 Å². The van der Waals surface area contributed by atoms with Crippen molar-refractivity contribution in [3.05, 3.63) is 29.8 Å². The SMILES string of the molecule is CC(=O)NCC1CN(c2ccc(C34CC3CN(S(=O)(=O)C(F)(F)F)C4)cc2)C(=O)O1. The van der Waals surface area contributed by atoms with E-state index in [1.807, 2.05) is 0 Å². The monoisotopic (exact) mass is 447 g/mol. The molecule has 3 atom stereocenters. The first-order valence-corrected chi connectivity index (χ1v) is 10.8. The van der Waals surface area contributed by atoms with Crippen LogP contribution in [-0.2, 0) is 25.0 Å². The molecule has 2 heterocycles. The maximum Gasteiger partial charge on any atom is 0.511 e. The predicted molar refractivity (Wildman–Crippen MR) is 99.1 cm³/mol. The van der Waals surface area contributed by atoms with Gasteiger partial charge in [-0.1, -0.05) is 12.1 Å². The Kier molecular flexibility index (Phi) is 4.77. The summed E-state index contributed by atoms with van der Waals surface area (Å²) in [7, 11) is -5.34. The second-order valence-electron chi connectivity index (χ2n) is 7.90. The van der Waals surface area contributed by atoms with Gasteiger partial charge in [-0.3, -0.25) is 9.69 Å². The van der Waals surface area contributed by atoms with Gasteiger partial charge in [0, 0.05) is 31.1 Å². The molecule has 1 saturated carbocycles. The Morgan fingerprint density at radius 2 is 1.93 bits per heavy atom. The zero-order chi connectivity index (χ0) is 21.9. The number of fused-ring (bicyclic) bond motifs is 1. The molecule has 1 N–H and O–H groups in total. The van der Waals surface area contributed by atoms with Crippen molar-refractivity contribution in [2.75, 3.05) is 31.1 Å². The highest BCUT2D eigenvalue weighted by atomic mass is 32.2. The van der Waals surface area contributed by atoms with E-state index in [1.165, 1.54) is 11.8 Å². The molecule has 0 radical (unpaired) electrons. The summed E-state index contributed by atoms with van der Waals surface area (Å²) in [4.78, 5) is 24.5. The number of cyclic esters (lactones) is 1. The Morgan fingerprint density at radius 1 is 1.27 bits per heavy atom.